The fourth-order valence-corrected chi connectivity index (χ4v) is 1.17. The van der Waals surface area contributed by atoms with Gasteiger partial charge in [0.25, 0.3) is 0 Å². The summed E-state index contributed by atoms with van der Waals surface area (Å²) in [5, 5.41) is 0. The van der Waals surface area contributed by atoms with E-state index in [1.54, 1.807) is 12.1 Å². The molecular formula is C7H7KO2S. The zero-order valence-corrected chi connectivity index (χ0v) is 10.3. The van der Waals surface area contributed by atoms with E-state index in [-0.39, 0.29) is 57.1 Å². The van der Waals surface area contributed by atoms with Crippen LogP contribution in [0.5, 0.6) is 0 Å². The minimum atomic E-state index is -1.97. The van der Waals surface area contributed by atoms with Crippen LogP contribution in [0, 0.1) is 0 Å². The first kappa shape index (κ1) is 11.8. The molecule has 0 N–H and O–H groups in total. The molecule has 0 aliphatic heterocycles. The normalized spacial score (nSPS) is 9.18. The van der Waals surface area contributed by atoms with E-state index < -0.39 is 10.7 Å². The maximum atomic E-state index is 10.2. The second-order valence-corrected chi connectivity index (χ2v) is 2.83. The van der Waals surface area contributed by atoms with Gasteiger partial charge in [0.15, 0.2) is 0 Å². The Morgan fingerprint density at radius 3 is 2.09 bits per heavy atom. The summed E-state index contributed by atoms with van der Waals surface area (Å²) in [6, 6.07) is 9.08. The van der Waals surface area contributed by atoms with Gasteiger partial charge in [-0.3, -0.25) is 0 Å². The van der Waals surface area contributed by atoms with Gasteiger partial charge >= 0.3 is 51.4 Å². The third kappa shape index (κ3) is 5.11. The van der Waals surface area contributed by atoms with Gasteiger partial charge in [0.1, 0.15) is 0 Å². The topological polar surface area (TPSA) is 34.1 Å². The Kier molecular flexibility index (Phi) is 6.80. The Morgan fingerprint density at radius 2 is 1.64 bits per heavy atom. The van der Waals surface area contributed by atoms with Gasteiger partial charge < -0.3 is 8.42 Å². The molecule has 0 fully saturated rings. The van der Waals surface area contributed by atoms with Crippen LogP contribution in [0.25, 0.3) is 0 Å². The molecule has 0 atom stereocenters. The molecule has 11 heavy (non-hydrogen) atoms. The molecule has 1 rings (SSSR count). The van der Waals surface area contributed by atoms with Crippen LogP contribution < -0.4 is 51.4 Å². The molecule has 1 aromatic carbocycles. The fourth-order valence-electron chi connectivity index (χ4n) is 0.710. The Labute approximate surface area is 110 Å². The number of hydrogen-bond donors (Lipinski definition) is 0. The molecule has 0 bridgehead atoms. The Morgan fingerprint density at radius 1 is 1.09 bits per heavy atom. The van der Waals surface area contributed by atoms with Crippen LogP contribution in [-0.2, 0) is 24.9 Å². The maximum Gasteiger partial charge on any atom is 1.00 e. The quantitative estimate of drug-likeness (QED) is 0.424. The van der Waals surface area contributed by atoms with Gasteiger partial charge in [-0.25, -0.2) is 0 Å². The zero-order valence-electron chi connectivity index (χ0n) is 6.32. The number of benzene rings is 1. The predicted molar refractivity (Wildman–Crippen MR) is 38.9 cm³/mol. The molecule has 0 amide bonds. The first-order chi connectivity index (χ1) is 4.79. The average molecular weight is 194 g/mol. The van der Waals surface area contributed by atoms with Crippen LogP contribution in [0.3, 0.4) is 0 Å². The van der Waals surface area contributed by atoms with E-state index in [1.807, 2.05) is 18.2 Å². The molecule has 4 heteroatoms. The molecular weight excluding hydrogens is 187 g/mol. The molecule has 0 saturated heterocycles. The average Bonchev–Trinajstić information content (AvgIpc) is 1.88. The van der Waals surface area contributed by atoms with E-state index in [0.717, 1.165) is 5.56 Å². The molecule has 0 radical (unpaired) electrons. The minimum absolute atomic E-state index is 0. The summed E-state index contributed by atoms with van der Waals surface area (Å²) in [4.78, 5) is 0. The van der Waals surface area contributed by atoms with Crippen LogP contribution in [0.4, 0.5) is 0 Å². The van der Waals surface area contributed by atoms with E-state index in [0.29, 0.717) is 0 Å². The third-order valence-electron chi connectivity index (χ3n) is 1.13. The molecule has 0 aromatic heterocycles. The first-order valence-corrected chi connectivity index (χ1v) is 4.13. The number of hydrogen-bond acceptors (Lipinski definition) is 3. The van der Waals surface area contributed by atoms with Crippen LogP contribution in [0.1, 0.15) is 5.56 Å². The largest absolute Gasteiger partial charge is 1.00 e. The van der Waals surface area contributed by atoms with Crippen molar-refractivity contribution in [1.82, 2.24) is 0 Å². The summed E-state index contributed by atoms with van der Waals surface area (Å²) in [5.41, 5.74) is 0.829. The smallest absolute Gasteiger partial charge is 0.424 e. The van der Waals surface area contributed by atoms with Gasteiger partial charge in [-0.15, -0.1) is 0 Å². The van der Waals surface area contributed by atoms with Gasteiger partial charge in [0.2, 0.25) is 0 Å². The van der Waals surface area contributed by atoms with Crippen molar-refractivity contribution in [2.45, 2.75) is 5.75 Å². The second kappa shape index (κ2) is 6.34. The molecule has 0 heterocycles. The second-order valence-electron chi connectivity index (χ2n) is 1.93. The van der Waals surface area contributed by atoms with Crippen molar-refractivity contribution in [3.8, 4) is 0 Å². The van der Waals surface area contributed by atoms with Crippen molar-refractivity contribution in [2.24, 2.45) is 0 Å². The molecule has 2 nitrogen and oxygen atoms in total. The fraction of sp³-hybridized carbons (Fsp3) is 0.143. The summed E-state index contributed by atoms with van der Waals surface area (Å²) in [6.45, 7) is 0. The Hall–Kier alpha value is 0.806. The van der Waals surface area contributed by atoms with E-state index in [1.165, 1.54) is 0 Å². The maximum absolute atomic E-state index is 10.2. The third-order valence-corrected chi connectivity index (χ3v) is 1.70. The first-order valence-electron chi connectivity index (χ1n) is 2.89. The Bertz CT molecular complexity index is 261. The molecule has 0 spiro atoms. The van der Waals surface area contributed by atoms with E-state index >= 15 is 0 Å². The van der Waals surface area contributed by atoms with Crippen molar-refractivity contribution in [2.75, 3.05) is 0 Å². The summed E-state index contributed by atoms with van der Waals surface area (Å²) >= 11 is 0. The van der Waals surface area contributed by atoms with Gasteiger partial charge in [-0.05, 0) is 5.75 Å². The van der Waals surface area contributed by atoms with Crippen LogP contribution >= 0.6 is 0 Å². The van der Waals surface area contributed by atoms with Crippen LogP contribution in [-0.4, -0.2) is 0 Å². The summed E-state index contributed by atoms with van der Waals surface area (Å²) < 4.78 is 20.3. The summed E-state index contributed by atoms with van der Waals surface area (Å²) in [5.74, 6) is 0.112. The van der Waals surface area contributed by atoms with Gasteiger partial charge in [-0.1, -0.05) is 46.6 Å². The van der Waals surface area contributed by atoms with Gasteiger partial charge in [0, 0.05) is 0 Å². The van der Waals surface area contributed by atoms with E-state index in [9.17, 15) is 8.42 Å². The van der Waals surface area contributed by atoms with Crippen LogP contribution in [0.15, 0.2) is 30.3 Å². The number of rotatable bonds is 2. The summed E-state index contributed by atoms with van der Waals surface area (Å²) in [6.07, 6.45) is 0. The standard InChI is InChI=1S/C7H7O2S.K/c8-10(9)6-7-4-2-1-3-5-7;/h1-5H,6H2;/q-1;+1. The molecule has 0 aliphatic carbocycles. The molecule has 0 unspecified atom stereocenters. The van der Waals surface area contributed by atoms with Gasteiger partial charge in [0.05, 0.1) is 0 Å². The van der Waals surface area contributed by atoms with Crippen LogP contribution in [0.2, 0.25) is 0 Å². The molecule has 1 aromatic rings. The van der Waals surface area contributed by atoms with Crippen molar-refractivity contribution < 1.29 is 59.8 Å². The zero-order chi connectivity index (χ0) is 7.40. The SMILES string of the molecule is O=[S-](=O)Cc1ccccc1.[K+]. The van der Waals surface area contributed by atoms with Crippen molar-refractivity contribution >= 4 is 10.7 Å². The van der Waals surface area contributed by atoms with Crippen molar-refractivity contribution in [3.63, 3.8) is 0 Å². The minimum Gasteiger partial charge on any atom is -0.424 e. The van der Waals surface area contributed by atoms with E-state index in [4.69, 9.17) is 0 Å². The Balaban J connectivity index is 0.000001000. The predicted octanol–water partition coefficient (Wildman–Crippen LogP) is -1.50. The van der Waals surface area contributed by atoms with E-state index in [2.05, 4.69) is 0 Å². The van der Waals surface area contributed by atoms with Crippen molar-refractivity contribution in [3.05, 3.63) is 35.9 Å². The molecule has 0 saturated carbocycles. The molecule has 0 aliphatic rings. The van der Waals surface area contributed by atoms with Crippen molar-refractivity contribution in [1.29, 1.82) is 0 Å². The monoisotopic (exact) mass is 194 g/mol. The molecule has 54 valence electrons. The van der Waals surface area contributed by atoms with Gasteiger partial charge in [-0.2, -0.15) is 0 Å². The summed E-state index contributed by atoms with van der Waals surface area (Å²) in [7, 11) is -1.97.